The van der Waals surface area contributed by atoms with Gasteiger partial charge in [0.25, 0.3) is 5.91 Å². The lowest BCUT2D eigenvalue weighted by Crippen LogP contribution is -2.30. The van der Waals surface area contributed by atoms with Crippen LogP contribution in [0.4, 0.5) is 0 Å². The Hall–Kier alpha value is -3.84. The van der Waals surface area contributed by atoms with Crippen LogP contribution < -0.4 is 0 Å². The smallest absolute Gasteiger partial charge is 0.254 e. The predicted molar refractivity (Wildman–Crippen MR) is 122 cm³/mol. The molecular weight excluding hydrogens is 424 g/mol. The SMILES string of the molecule is Cc1cccc2cc(CN(Cc3ccccc3Cl)C(=O)c3ccncc3)c3nnnn3c12. The number of halogens is 1. The number of carbonyl (C=O) groups excluding carboxylic acids is 1. The van der Waals surface area contributed by atoms with Gasteiger partial charge >= 0.3 is 0 Å². The van der Waals surface area contributed by atoms with E-state index in [4.69, 9.17) is 11.6 Å². The highest BCUT2D eigenvalue weighted by Crippen LogP contribution is 2.25. The van der Waals surface area contributed by atoms with E-state index in [0.29, 0.717) is 29.3 Å². The van der Waals surface area contributed by atoms with Crippen LogP contribution in [0.25, 0.3) is 16.6 Å². The lowest BCUT2D eigenvalue weighted by Gasteiger charge is -2.24. The van der Waals surface area contributed by atoms with Gasteiger partial charge in [-0.2, -0.15) is 4.52 Å². The number of aryl methyl sites for hydroxylation is 1. The van der Waals surface area contributed by atoms with E-state index < -0.39 is 0 Å². The minimum Gasteiger partial charge on any atom is -0.330 e. The molecule has 0 aliphatic heterocycles. The number of rotatable bonds is 5. The quantitative estimate of drug-likeness (QED) is 0.401. The number of pyridine rings is 2. The van der Waals surface area contributed by atoms with Gasteiger partial charge in [0, 0.05) is 40.5 Å². The maximum absolute atomic E-state index is 13.5. The number of nitrogens with zero attached hydrogens (tertiary/aromatic N) is 6. The Morgan fingerprint density at radius 3 is 2.59 bits per heavy atom. The maximum atomic E-state index is 13.5. The summed E-state index contributed by atoms with van der Waals surface area (Å²) in [5.41, 5.74) is 4.92. The molecule has 0 radical (unpaired) electrons. The van der Waals surface area contributed by atoms with Crippen molar-refractivity contribution in [3.05, 3.63) is 100 Å². The van der Waals surface area contributed by atoms with Gasteiger partial charge in [0.15, 0.2) is 5.65 Å². The van der Waals surface area contributed by atoms with Gasteiger partial charge in [-0.25, -0.2) is 0 Å². The van der Waals surface area contributed by atoms with Crippen molar-refractivity contribution in [1.29, 1.82) is 0 Å². The average Bonchev–Trinajstić information content (AvgIpc) is 3.30. The Balaban J connectivity index is 1.60. The standard InChI is InChI=1S/C24H19ClN6O/c1-16-5-4-7-18-13-20(23-27-28-29-31(23)22(16)18)15-30(14-19-6-2-3-8-21(19)25)24(32)17-9-11-26-12-10-17/h2-13H,14-15H2,1H3. The summed E-state index contributed by atoms with van der Waals surface area (Å²) in [6, 6.07) is 19.1. The molecule has 3 heterocycles. The molecule has 0 saturated heterocycles. The molecular formula is C24H19ClN6O. The van der Waals surface area contributed by atoms with Crippen molar-refractivity contribution in [1.82, 2.24) is 29.9 Å². The van der Waals surface area contributed by atoms with Crippen molar-refractivity contribution in [2.75, 3.05) is 0 Å². The normalized spacial score (nSPS) is 11.2. The summed E-state index contributed by atoms with van der Waals surface area (Å²) in [4.78, 5) is 19.2. The van der Waals surface area contributed by atoms with Crippen molar-refractivity contribution >= 4 is 34.1 Å². The second kappa shape index (κ2) is 8.36. The maximum Gasteiger partial charge on any atom is 0.254 e. The summed E-state index contributed by atoms with van der Waals surface area (Å²) in [5, 5.41) is 14.0. The van der Waals surface area contributed by atoms with Crippen LogP contribution in [0.15, 0.2) is 73.1 Å². The first-order valence-electron chi connectivity index (χ1n) is 10.1. The second-order valence-electron chi connectivity index (χ2n) is 7.59. The summed E-state index contributed by atoms with van der Waals surface area (Å²) >= 11 is 6.41. The van der Waals surface area contributed by atoms with Gasteiger partial charge in [-0.1, -0.05) is 48.0 Å². The van der Waals surface area contributed by atoms with Gasteiger partial charge < -0.3 is 4.90 Å². The van der Waals surface area contributed by atoms with E-state index in [9.17, 15) is 4.79 Å². The molecule has 0 unspecified atom stereocenters. The number of benzene rings is 2. The Labute approximate surface area is 189 Å². The zero-order valence-corrected chi connectivity index (χ0v) is 18.1. The number of para-hydroxylation sites is 1. The third-order valence-electron chi connectivity index (χ3n) is 5.46. The number of carbonyl (C=O) groups is 1. The highest BCUT2D eigenvalue weighted by Gasteiger charge is 2.21. The molecule has 0 atom stereocenters. The molecule has 0 spiro atoms. The van der Waals surface area contributed by atoms with E-state index in [0.717, 1.165) is 27.6 Å². The first-order chi connectivity index (χ1) is 15.6. The Morgan fingerprint density at radius 2 is 1.78 bits per heavy atom. The molecule has 0 aliphatic rings. The molecule has 5 rings (SSSR count). The molecule has 0 bridgehead atoms. The van der Waals surface area contributed by atoms with E-state index in [1.165, 1.54) is 0 Å². The number of hydrogen-bond acceptors (Lipinski definition) is 5. The molecule has 0 saturated carbocycles. The van der Waals surface area contributed by atoms with Gasteiger partial charge in [0.05, 0.1) is 12.1 Å². The van der Waals surface area contributed by atoms with E-state index in [-0.39, 0.29) is 5.91 Å². The highest BCUT2D eigenvalue weighted by atomic mass is 35.5. The summed E-state index contributed by atoms with van der Waals surface area (Å²) in [5.74, 6) is -0.123. The molecule has 158 valence electrons. The molecule has 0 N–H and O–H groups in total. The van der Waals surface area contributed by atoms with Crippen LogP contribution in [0.2, 0.25) is 5.02 Å². The Bertz CT molecular complexity index is 1430. The summed E-state index contributed by atoms with van der Waals surface area (Å²) in [6.45, 7) is 2.69. The molecule has 7 nitrogen and oxygen atoms in total. The van der Waals surface area contributed by atoms with E-state index in [1.54, 1.807) is 33.9 Å². The molecule has 0 fully saturated rings. The second-order valence-corrected chi connectivity index (χ2v) is 7.99. The predicted octanol–water partition coefficient (Wildman–Crippen LogP) is 4.48. The zero-order chi connectivity index (χ0) is 22.1. The number of tetrazole rings is 1. The van der Waals surface area contributed by atoms with E-state index >= 15 is 0 Å². The first kappa shape index (κ1) is 20.1. The fourth-order valence-corrected chi connectivity index (χ4v) is 4.10. The third kappa shape index (κ3) is 3.67. The number of amides is 1. The first-order valence-corrected chi connectivity index (χ1v) is 10.5. The molecule has 2 aromatic carbocycles. The molecule has 8 heteroatoms. The lowest BCUT2D eigenvalue weighted by molar-refractivity contribution is 0.0730. The lowest BCUT2D eigenvalue weighted by atomic mass is 10.1. The van der Waals surface area contributed by atoms with Gasteiger partial charge in [-0.3, -0.25) is 9.78 Å². The molecule has 0 aliphatic carbocycles. The van der Waals surface area contributed by atoms with Crippen LogP contribution in [0.5, 0.6) is 0 Å². The molecule has 3 aromatic heterocycles. The minimum absolute atomic E-state index is 0.123. The van der Waals surface area contributed by atoms with Crippen LogP contribution >= 0.6 is 11.6 Å². The van der Waals surface area contributed by atoms with Gasteiger partial charge in [0.1, 0.15) is 0 Å². The van der Waals surface area contributed by atoms with Crippen molar-refractivity contribution < 1.29 is 4.79 Å². The van der Waals surface area contributed by atoms with Crippen LogP contribution in [-0.2, 0) is 13.1 Å². The van der Waals surface area contributed by atoms with Crippen LogP contribution in [-0.4, -0.2) is 35.8 Å². The zero-order valence-electron chi connectivity index (χ0n) is 17.3. The topological polar surface area (TPSA) is 76.3 Å². The van der Waals surface area contributed by atoms with Crippen molar-refractivity contribution in [2.45, 2.75) is 20.0 Å². The number of hydrogen-bond donors (Lipinski definition) is 0. The van der Waals surface area contributed by atoms with Gasteiger partial charge in [-0.05, 0) is 52.7 Å². The summed E-state index contributed by atoms with van der Waals surface area (Å²) in [6.07, 6.45) is 3.22. The monoisotopic (exact) mass is 442 g/mol. The summed E-state index contributed by atoms with van der Waals surface area (Å²) in [7, 11) is 0. The van der Waals surface area contributed by atoms with Crippen molar-refractivity contribution in [2.24, 2.45) is 0 Å². The van der Waals surface area contributed by atoms with Crippen LogP contribution in [0, 0.1) is 6.92 Å². The molecule has 1 amide bonds. The average molecular weight is 443 g/mol. The van der Waals surface area contributed by atoms with Gasteiger partial charge in [-0.15, -0.1) is 5.10 Å². The van der Waals surface area contributed by atoms with E-state index in [1.807, 2.05) is 55.5 Å². The highest BCUT2D eigenvalue weighted by molar-refractivity contribution is 6.31. The van der Waals surface area contributed by atoms with Crippen molar-refractivity contribution in [3.8, 4) is 0 Å². The Kier molecular flexibility index (Phi) is 5.25. The van der Waals surface area contributed by atoms with E-state index in [2.05, 4.69) is 20.5 Å². The minimum atomic E-state index is -0.123. The largest absolute Gasteiger partial charge is 0.330 e. The van der Waals surface area contributed by atoms with Crippen LogP contribution in [0.1, 0.15) is 27.0 Å². The fourth-order valence-electron chi connectivity index (χ4n) is 3.91. The fraction of sp³-hybridized carbons (Fsp3) is 0.125. The Morgan fingerprint density at radius 1 is 1.00 bits per heavy atom. The third-order valence-corrected chi connectivity index (χ3v) is 5.83. The van der Waals surface area contributed by atoms with Gasteiger partial charge in [0.2, 0.25) is 0 Å². The van der Waals surface area contributed by atoms with Crippen molar-refractivity contribution in [3.63, 3.8) is 0 Å². The summed E-state index contributed by atoms with van der Waals surface area (Å²) < 4.78 is 1.74. The number of aromatic nitrogens is 5. The molecule has 32 heavy (non-hydrogen) atoms. The number of fused-ring (bicyclic) bond motifs is 3. The van der Waals surface area contributed by atoms with Crippen LogP contribution in [0.3, 0.4) is 0 Å². The molecule has 5 aromatic rings.